The summed E-state index contributed by atoms with van der Waals surface area (Å²) in [6, 6.07) is 7.14. The van der Waals surface area contributed by atoms with Crippen molar-refractivity contribution >= 4 is 17.9 Å². The molecule has 1 saturated carbocycles. The number of carbonyl (C=O) groups is 2. The second-order valence-corrected chi connectivity index (χ2v) is 5.30. The van der Waals surface area contributed by atoms with Crippen LogP contribution >= 0.6 is 0 Å². The Morgan fingerprint density at radius 2 is 2.00 bits per heavy atom. The van der Waals surface area contributed by atoms with Crippen LogP contribution in [0.5, 0.6) is 0 Å². The van der Waals surface area contributed by atoms with Gasteiger partial charge in [-0.3, -0.25) is 9.59 Å². The summed E-state index contributed by atoms with van der Waals surface area (Å²) in [7, 11) is 0. The van der Waals surface area contributed by atoms with Crippen molar-refractivity contribution in [3.8, 4) is 0 Å². The van der Waals surface area contributed by atoms with Gasteiger partial charge in [0, 0.05) is 23.7 Å². The van der Waals surface area contributed by atoms with Crippen LogP contribution in [-0.4, -0.2) is 35.6 Å². The van der Waals surface area contributed by atoms with E-state index < -0.39 is 0 Å². The molecule has 0 aromatic heterocycles. The summed E-state index contributed by atoms with van der Waals surface area (Å²) in [6.45, 7) is 1.63. The van der Waals surface area contributed by atoms with E-state index in [1.54, 1.807) is 37.3 Å². The average molecular weight is 288 g/mol. The highest BCUT2D eigenvalue weighted by Crippen LogP contribution is 2.19. The molecule has 112 valence electrons. The summed E-state index contributed by atoms with van der Waals surface area (Å²) in [4.78, 5) is 23.3. The first-order chi connectivity index (χ1) is 10.1. The molecule has 1 aliphatic rings. The van der Waals surface area contributed by atoms with E-state index in [2.05, 4.69) is 10.6 Å². The van der Waals surface area contributed by atoms with Crippen LogP contribution < -0.4 is 10.6 Å². The summed E-state index contributed by atoms with van der Waals surface area (Å²) < 4.78 is 0. The Labute approximate surface area is 124 Å². The predicted octanol–water partition coefficient (Wildman–Crippen LogP) is 1.09. The summed E-state index contributed by atoms with van der Waals surface area (Å²) >= 11 is 0. The van der Waals surface area contributed by atoms with E-state index in [4.69, 9.17) is 5.11 Å². The highest BCUT2D eigenvalue weighted by molar-refractivity contribution is 5.95. The number of amides is 2. The molecule has 5 nitrogen and oxygen atoms in total. The molecular weight excluding hydrogens is 268 g/mol. The molecule has 1 aromatic rings. The molecule has 1 aliphatic carbocycles. The third-order valence-corrected chi connectivity index (χ3v) is 3.18. The number of carbonyl (C=O) groups excluding carboxylic acids is 2. The van der Waals surface area contributed by atoms with Gasteiger partial charge >= 0.3 is 0 Å². The Kier molecular flexibility index (Phi) is 5.11. The van der Waals surface area contributed by atoms with Crippen molar-refractivity contribution in [1.82, 2.24) is 10.6 Å². The molecule has 0 radical (unpaired) electrons. The predicted molar refractivity (Wildman–Crippen MR) is 80.7 cm³/mol. The maximum atomic E-state index is 11.8. The first-order valence-corrected chi connectivity index (χ1v) is 7.09. The Morgan fingerprint density at radius 1 is 1.33 bits per heavy atom. The fourth-order valence-electron chi connectivity index (χ4n) is 1.75. The fraction of sp³-hybridized carbons (Fsp3) is 0.375. The van der Waals surface area contributed by atoms with Crippen LogP contribution in [0.15, 0.2) is 30.3 Å². The molecule has 0 spiro atoms. The molecule has 1 atom stereocenters. The highest BCUT2D eigenvalue weighted by atomic mass is 16.3. The van der Waals surface area contributed by atoms with E-state index >= 15 is 0 Å². The number of hydrogen-bond acceptors (Lipinski definition) is 3. The SMILES string of the molecule is CC(CO)NC(=O)/C=C/c1ccc(C(=O)NC2CC2)cc1. The summed E-state index contributed by atoms with van der Waals surface area (Å²) in [5, 5.41) is 14.4. The van der Waals surface area contributed by atoms with Crippen LogP contribution in [0.1, 0.15) is 35.7 Å². The van der Waals surface area contributed by atoms with Gasteiger partial charge in [-0.25, -0.2) is 0 Å². The van der Waals surface area contributed by atoms with Gasteiger partial charge in [0.05, 0.1) is 6.61 Å². The Bertz CT molecular complexity index is 533. The number of hydrogen-bond donors (Lipinski definition) is 3. The van der Waals surface area contributed by atoms with Crippen molar-refractivity contribution in [2.45, 2.75) is 31.8 Å². The molecule has 3 N–H and O–H groups in total. The van der Waals surface area contributed by atoms with Crippen molar-refractivity contribution in [2.24, 2.45) is 0 Å². The fourth-order valence-corrected chi connectivity index (χ4v) is 1.75. The van der Waals surface area contributed by atoms with Crippen LogP contribution in [0.4, 0.5) is 0 Å². The molecule has 1 fully saturated rings. The topological polar surface area (TPSA) is 78.4 Å². The lowest BCUT2D eigenvalue weighted by molar-refractivity contribution is -0.117. The molecular formula is C16H20N2O3. The van der Waals surface area contributed by atoms with Crippen LogP contribution in [0.25, 0.3) is 6.08 Å². The van der Waals surface area contributed by atoms with E-state index in [1.807, 2.05) is 0 Å². The zero-order valence-corrected chi connectivity index (χ0v) is 12.0. The Morgan fingerprint density at radius 3 is 2.57 bits per heavy atom. The van der Waals surface area contributed by atoms with Crippen molar-refractivity contribution in [1.29, 1.82) is 0 Å². The van der Waals surface area contributed by atoms with Gasteiger partial charge in [0.2, 0.25) is 5.91 Å². The summed E-state index contributed by atoms with van der Waals surface area (Å²) in [5.41, 5.74) is 1.46. The van der Waals surface area contributed by atoms with Gasteiger partial charge < -0.3 is 15.7 Å². The minimum Gasteiger partial charge on any atom is -0.394 e. The van der Waals surface area contributed by atoms with Crippen LogP contribution in [0.3, 0.4) is 0 Å². The molecule has 0 bridgehead atoms. The lowest BCUT2D eigenvalue weighted by Gasteiger charge is -2.07. The number of nitrogens with one attached hydrogen (secondary N) is 2. The van der Waals surface area contributed by atoms with E-state index in [9.17, 15) is 9.59 Å². The van der Waals surface area contributed by atoms with Crippen molar-refractivity contribution in [2.75, 3.05) is 6.61 Å². The van der Waals surface area contributed by atoms with Crippen molar-refractivity contribution in [3.63, 3.8) is 0 Å². The van der Waals surface area contributed by atoms with Crippen molar-refractivity contribution < 1.29 is 14.7 Å². The number of aliphatic hydroxyl groups excluding tert-OH is 1. The molecule has 0 aliphatic heterocycles. The third-order valence-electron chi connectivity index (χ3n) is 3.18. The lowest BCUT2D eigenvalue weighted by atomic mass is 10.1. The third kappa shape index (κ3) is 5.04. The number of rotatable bonds is 6. The van der Waals surface area contributed by atoms with E-state index in [-0.39, 0.29) is 24.5 Å². The zero-order chi connectivity index (χ0) is 15.2. The monoisotopic (exact) mass is 288 g/mol. The summed E-state index contributed by atoms with van der Waals surface area (Å²) in [6.07, 6.45) is 5.20. The van der Waals surface area contributed by atoms with Gasteiger partial charge in [0.25, 0.3) is 5.91 Å². The van der Waals surface area contributed by atoms with Gasteiger partial charge in [-0.05, 0) is 43.5 Å². The van der Waals surface area contributed by atoms with Gasteiger partial charge in [0.15, 0.2) is 0 Å². The zero-order valence-electron chi connectivity index (χ0n) is 12.0. The standard InChI is InChI=1S/C16H20N2O3/c1-11(10-19)17-15(20)9-4-12-2-5-13(6-3-12)16(21)18-14-7-8-14/h2-6,9,11,14,19H,7-8,10H2,1H3,(H,17,20)(H,18,21)/b9-4+. The van der Waals surface area contributed by atoms with Gasteiger partial charge in [-0.1, -0.05) is 12.1 Å². The van der Waals surface area contributed by atoms with Crippen LogP contribution in [0.2, 0.25) is 0 Å². The maximum absolute atomic E-state index is 11.8. The number of benzene rings is 1. The first-order valence-electron chi connectivity index (χ1n) is 7.09. The second-order valence-electron chi connectivity index (χ2n) is 5.30. The van der Waals surface area contributed by atoms with Gasteiger partial charge in [-0.15, -0.1) is 0 Å². The van der Waals surface area contributed by atoms with Crippen LogP contribution in [-0.2, 0) is 4.79 Å². The normalized spacial score (nSPS) is 15.7. The van der Waals surface area contributed by atoms with Crippen LogP contribution in [0, 0.1) is 0 Å². The molecule has 1 unspecified atom stereocenters. The summed E-state index contributed by atoms with van der Waals surface area (Å²) in [5.74, 6) is -0.311. The lowest BCUT2D eigenvalue weighted by Crippen LogP contribution is -2.33. The maximum Gasteiger partial charge on any atom is 0.251 e. The smallest absolute Gasteiger partial charge is 0.251 e. The molecule has 21 heavy (non-hydrogen) atoms. The Balaban J connectivity index is 1.89. The average Bonchev–Trinajstić information content (AvgIpc) is 3.29. The van der Waals surface area contributed by atoms with E-state index in [1.165, 1.54) is 6.08 Å². The first kappa shape index (κ1) is 15.3. The number of aliphatic hydroxyl groups is 1. The van der Waals surface area contributed by atoms with E-state index in [0.717, 1.165) is 18.4 Å². The second kappa shape index (κ2) is 7.04. The molecule has 5 heteroatoms. The minimum atomic E-state index is -0.268. The molecule has 1 aromatic carbocycles. The minimum absolute atomic E-state index is 0.0532. The van der Waals surface area contributed by atoms with E-state index in [0.29, 0.717) is 11.6 Å². The molecule has 0 saturated heterocycles. The van der Waals surface area contributed by atoms with Gasteiger partial charge in [0.1, 0.15) is 0 Å². The highest BCUT2D eigenvalue weighted by Gasteiger charge is 2.23. The molecule has 0 heterocycles. The van der Waals surface area contributed by atoms with Crippen molar-refractivity contribution in [3.05, 3.63) is 41.5 Å². The van der Waals surface area contributed by atoms with Gasteiger partial charge in [-0.2, -0.15) is 0 Å². The molecule has 2 rings (SSSR count). The molecule has 2 amide bonds. The quantitative estimate of drug-likeness (QED) is 0.686. The Hall–Kier alpha value is -2.14. The largest absolute Gasteiger partial charge is 0.394 e.